The van der Waals surface area contributed by atoms with Crippen molar-refractivity contribution in [2.45, 2.75) is 0 Å². The fraction of sp³-hybridized carbons (Fsp3) is 0. The van der Waals surface area contributed by atoms with E-state index in [0.29, 0.717) is 10.6 Å². The van der Waals surface area contributed by atoms with E-state index in [1.807, 2.05) is 0 Å². The number of carboxylic acid groups (broad SMARTS) is 1. The first-order valence-electron chi connectivity index (χ1n) is 6.22. The summed E-state index contributed by atoms with van der Waals surface area (Å²) in [6.07, 6.45) is 0. The molecule has 0 aliphatic carbocycles. The number of hydrogen-bond acceptors (Lipinski definition) is 5. The molecule has 0 aliphatic heterocycles. The SMILES string of the molecule is O=C(O)c1cccc(-c2noc(-c3ccccc3Cl)n2)c1O. The summed E-state index contributed by atoms with van der Waals surface area (Å²) in [5.41, 5.74) is 0.486. The van der Waals surface area contributed by atoms with Crippen LogP contribution in [0.25, 0.3) is 22.8 Å². The van der Waals surface area contributed by atoms with E-state index in [2.05, 4.69) is 10.1 Å². The second-order valence-electron chi connectivity index (χ2n) is 4.41. The quantitative estimate of drug-likeness (QED) is 0.768. The Morgan fingerprint density at radius 3 is 2.55 bits per heavy atom. The van der Waals surface area contributed by atoms with Gasteiger partial charge in [-0.2, -0.15) is 4.98 Å². The molecule has 0 atom stereocenters. The Bertz CT molecular complexity index is 860. The van der Waals surface area contributed by atoms with Crippen molar-refractivity contribution in [1.82, 2.24) is 10.1 Å². The van der Waals surface area contributed by atoms with Gasteiger partial charge in [0.15, 0.2) is 0 Å². The summed E-state index contributed by atoms with van der Waals surface area (Å²) in [4.78, 5) is 15.2. The van der Waals surface area contributed by atoms with E-state index in [1.165, 1.54) is 18.2 Å². The van der Waals surface area contributed by atoms with E-state index in [4.69, 9.17) is 21.2 Å². The second-order valence-corrected chi connectivity index (χ2v) is 4.82. The first-order chi connectivity index (χ1) is 10.6. The molecule has 1 heterocycles. The highest BCUT2D eigenvalue weighted by Gasteiger charge is 2.19. The third-order valence-electron chi connectivity index (χ3n) is 3.04. The Balaban J connectivity index is 2.07. The molecule has 110 valence electrons. The lowest BCUT2D eigenvalue weighted by Gasteiger charge is -2.02. The molecule has 2 N–H and O–H groups in total. The number of phenols is 1. The normalized spacial score (nSPS) is 10.6. The molecule has 0 saturated carbocycles. The number of halogens is 1. The fourth-order valence-electron chi connectivity index (χ4n) is 1.97. The van der Waals surface area contributed by atoms with Gasteiger partial charge in [0.05, 0.1) is 16.1 Å². The van der Waals surface area contributed by atoms with Crippen LogP contribution in [0.4, 0.5) is 0 Å². The van der Waals surface area contributed by atoms with E-state index in [0.717, 1.165) is 0 Å². The maximum absolute atomic E-state index is 11.0. The summed E-state index contributed by atoms with van der Waals surface area (Å²) in [6.45, 7) is 0. The molecule has 2 aromatic carbocycles. The van der Waals surface area contributed by atoms with Gasteiger partial charge in [-0.3, -0.25) is 0 Å². The lowest BCUT2D eigenvalue weighted by molar-refractivity contribution is 0.0694. The van der Waals surface area contributed by atoms with Gasteiger partial charge in [-0.1, -0.05) is 35.0 Å². The van der Waals surface area contributed by atoms with Crippen molar-refractivity contribution in [2.75, 3.05) is 0 Å². The Labute approximate surface area is 129 Å². The van der Waals surface area contributed by atoms with Crippen LogP contribution in [0.5, 0.6) is 5.75 Å². The number of aromatic carboxylic acids is 1. The number of carboxylic acids is 1. The van der Waals surface area contributed by atoms with Crippen molar-refractivity contribution >= 4 is 17.6 Å². The molecule has 22 heavy (non-hydrogen) atoms. The molecule has 0 aliphatic rings. The highest BCUT2D eigenvalue weighted by Crippen LogP contribution is 2.33. The van der Waals surface area contributed by atoms with Gasteiger partial charge in [-0.15, -0.1) is 0 Å². The van der Waals surface area contributed by atoms with E-state index >= 15 is 0 Å². The van der Waals surface area contributed by atoms with E-state index in [9.17, 15) is 9.90 Å². The largest absolute Gasteiger partial charge is 0.506 e. The zero-order valence-corrected chi connectivity index (χ0v) is 11.8. The standard InChI is InChI=1S/C15H9ClN2O4/c16-11-7-2-1-4-8(11)14-17-13(18-22-14)9-5-3-6-10(12(9)19)15(20)21/h1-7,19H,(H,20,21). The molecule has 7 heteroatoms. The van der Waals surface area contributed by atoms with Crippen molar-refractivity contribution in [3.63, 3.8) is 0 Å². The molecule has 1 aromatic heterocycles. The van der Waals surface area contributed by atoms with Crippen LogP contribution in [0, 0.1) is 0 Å². The second kappa shape index (κ2) is 5.50. The molecule has 0 spiro atoms. The monoisotopic (exact) mass is 316 g/mol. The molecular weight excluding hydrogens is 308 g/mol. The topological polar surface area (TPSA) is 96.5 Å². The number of aromatic nitrogens is 2. The van der Waals surface area contributed by atoms with Crippen LogP contribution >= 0.6 is 11.6 Å². The molecule has 0 fully saturated rings. The third-order valence-corrected chi connectivity index (χ3v) is 3.37. The van der Waals surface area contributed by atoms with Crippen LogP contribution in [-0.2, 0) is 0 Å². The van der Waals surface area contributed by atoms with Crippen molar-refractivity contribution in [1.29, 1.82) is 0 Å². The van der Waals surface area contributed by atoms with Crippen molar-refractivity contribution in [3.8, 4) is 28.6 Å². The number of carbonyl (C=O) groups is 1. The number of rotatable bonds is 3. The predicted octanol–water partition coefficient (Wildman–Crippen LogP) is 3.46. The lowest BCUT2D eigenvalue weighted by atomic mass is 10.1. The number of benzene rings is 2. The average Bonchev–Trinajstić information content (AvgIpc) is 2.97. The van der Waals surface area contributed by atoms with E-state index in [-0.39, 0.29) is 22.8 Å². The molecule has 0 radical (unpaired) electrons. The van der Waals surface area contributed by atoms with Gasteiger partial charge in [0.1, 0.15) is 11.3 Å². The highest BCUT2D eigenvalue weighted by molar-refractivity contribution is 6.33. The fourth-order valence-corrected chi connectivity index (χ4v) is 2.19. The Hall–Kier alpha value is -2.86. The zero-order chi connectivity index (χ0) is 15.7. The Morgan fingerprint density at radius 1 is 1.09 bits per heavy atom. The van der Waals surface area contributed by atoms with Gasteiger partial charge >= 0.3 is 5.97 Å². The number of hydrogen-bond donors (Lipinski definition) is 2. The van der Waals surface area contributed by atoms with Crippen LogP contribution in [0.15, 0.2) is 47.0 Å². The number of nitrogens with zero attached hydrogens (tertiary/aromatic N) is 2. The van der Waals surface area contributed by atoms with Crippen molar-refractivity contribution < 1.29 is 19.5 Å². The maximum atomic E-state index is 11.0. The van der Waals surface area contributed by atoms with Gasteiger partial charge in [0.25, 0.3) is 5.89 Å². The molecule has 3 rings (SSSR count). The minimum absolute atomic E-state index is 0.0792. The van der Waals surface area contributed by atoms with Crippen LogP contribution in [0.3, 0.4) is 0 Å². The lowest BCUT2D eigenvalue weighted by Crippen LogP contribution is -1.97. The number of para-hydroxylation sites is 1. The Kier molecular flexibility index (Phi) is 3.52. The zero-order valence-electron chi connectivity index (χ0n) is 11.0. The minimum Gasteiger partial charge on any atom is -0.506 e. The summed E-state index contributed by atoms with van der Waals surface area (Å²) in [5.74, 6) is -1.40. The van der Waals surface area contributed by atoms with Gasteiger partial charge < -0.3 is 14.7 Å². The molecule has 0 bridgehead atoms. The van der Waals surface area contributed by atoms with Crippen molar-refractivity contribution in [2.24, 2.45) is 0 Å². The summed E-state index contributed by atoms with van der Waals surface area (Å²) in [7, 11) is 0. The van der Waals surface area contributed by atoms with Gasteiger partial charge in [-0.05, 0) is 24.3 Å². The first-order valence-corrected chi connectivity index (χ1v) is 6.60. The molecular formula is C15H9ClN2O4. The van der Waals surface area contributed by atoms with Crippen LogP contribution in [0.1, 0.15) is 10.4 Å². The Morgan fingerprint density at radius 2 is 1.82 bits per heavy atom. The molecule has 0 amide bonds. The smallest absolute Gasteiger partial charge is 0.339 e. The predicted molar refractivity (Wildman–Crippen MR) is 78.8 cm³/mol. The first kappa shape index (κ1) is 14.1. The van der Waals surface area contributed by atoms with E-state index < -0.39 is 11.7 Å². The third kappa shape index (κ3) is 2.40. The summed E-state index contributed by atoms with van der Waals surface area (Å²) >= 11 is 6.06. The molecule has 3 aromatic rings. The van der Waals surface area contributed by atoms with Crippen molar-refractivity contribution in [3.05, 3.63) is 53.1 Å². The van der Waals surface area contributed by atoms with Crippen LogP contribution in [-0.4, -0.2) is 26.3 Å². The highest BCUT2D eigenvalue weighted by atomic mass is 35.5. The maximum Gasteiger partial charge on any atom is 0.339 e. The number of aromatic hydroxyl groups is 1. The summed E-state index contributed by atoms with van der Waals surface area (Å²) in [6, 6.07) is 11.2. The minimum atomic E-state index is -1.24. The van der Waals surface area contributed by atoms with Crippen LogP contribution < -0.4 is 0 Å². The van der Waals surface area contributed by atoms with Crippen LogP contribution in [0.2, 0.25) is 5.02 Å². The van der Waals surface area contributed by atoms with Gasteiger partial charge in [0.2, 0.25) is 5.82 Å². The average molecular weight is 317 g/mol. The van der Waals surface area contributed by atoms with Gasteiger partial charge in [-0.25, -0.2) is 4.79 Å². The molecule has 6 nitrogen and oxygen atoms in total. The molecule has 0 unspecified atom stereocenters. The summed E-state index contributed by atoms with van der Waals surface area (Å²) in [5, 5.41) is 23.2. The summed E-state index contributed by atoms with van der Waals surface area (Å²) < 4.78 is 5.14. The van der Waals surface area contributed by atoms with E-state index in [1.54, 1.807) is 24.3 Å². The molecule has 0 saturated heterocycles. The van der Waals surface area contributed by atoms with Gasteiger partial charge in [0, 0.05) is 0 Å².